The lowest BCUT2D eigenvalue weighted by atomic mass is 9.96. The minimum Gasteiger partial charge on any atom is -0.455 e. The van der Waals surface area contributed by atoms with Gasteiger partial charge in [0, 0.05) is 30.1 Å². The molecule has 1 saturated heterocycles. The van der Waals surface area contributed by atoms with Crippen LogP contribution >= 0.6 is 0 Å². The van der Waals surface area contributed by atoms with Crippen molar-refractivity contribution in [2.45, 2.75) is 19.8 Å². The lowest BCUT2D eigenvalue weighted by Gasteiger charge is -2.33. The van der Waals surface area contributed by atoms with Crippen molar-refractivity contribution in [3.63, 3.8) is 0 Å². The summed E-state index contributed by atoms with van der Waals surface area (Å²) in [6, 6.07) is 22.0. The number of hydrogen-bond acceptors (Lipinski definition) is 5. The van der Waals surface area contributed by atoms with Crippen LogP contribution in [0.15, 0.2) is 82.0 Å². The van der Waals surface area contributed by atoms with Crippen LogP contribution < -0.4 is 21.4 Å². The molecule has 0 saturated carbocycles. The molecule has 1 aromatic heterocycles. The molecule has 0 bridgehead atoms. The van der Waals surface area contributed by atoms with Crippen LogP contribution in [0.1, 0.15) is 28.8 Å². The second-order valence-electron chi connectivity index (χ2n) is 9.07. The number of carbonyl (C=O) groups excluding carboxylic acids is 2. The zero-order valence-corrected chi connectivity index (χ0v) is 20.0. The molecule has 7 nitrogen and oxygen atoms in total. The van der Waals surface area contributed by atoms with Crippen LogP contribution in [0.3, 0.4) is 0 Å². The maximum absolute atomic E-state index is 13.5. The number of nitrogens with one attached hydrogen (secondary N) is 1. The maximum Gasteiger partial charge on any atom is 0.259 e. The topological polar surface area (TPSA) is 106 Å². The fraction of sp³-hybridized carbons (Fsp3) is 0.207. The SMILES string of the molecule is Cc1c(-c2ccccc2)oc2c(C(=O)Nc3ccccc3N3CCC(C(N)=O)CC3)cccc2c1=O. The highest BCUT2D eigenvalue weighted by Crippen LogP contribution is 2.31. The van der Waals surface area contributed by atoms with E-state index in [1.807, 2.05) is 54.6 Å². The smallest absolute Gasteiger partial charge is 0.259 e. The molecular weight excluding hydrogens is 454 g/mol. The molecular formula is C29H27N3O4. The van der Waals surface area contributed by atoms with Crippen molar-refractivity contribution < 1.29 is 14.0 Å². The number of primary amides is 1. The van der Waals surface area contributed by atoms with Crippen molar-refractivity contribution >= 4 is 34.2 Å². The lowest BCUT2D eigenvalue weighted by molar-refractivity contribution is -0.122. The van der Waals surface area contributed by atoms with Gasteiger partial charge in [-0.15, -0.1) is 0 Å². The van der Waals surface area contributed by atoms with Crippen molar-refractivity contribution in [2.75, 3.05) is 23.3 Å². The minimum absolute atomic E-state index is 0.121. The van der Waals surface area contributed by atoms with Gasteiger partial charge < -0.3 is 20.4 Å². The van der Waals surface area contributed by atoms with Crippen LogP contribution in [-0.4, -0.2) is 24.9 Å². The van der Waals surface area contributed by atoms with Crippen molar-refractivity contribution in [1.82, 2.24) is 0 Å². The molecule has 4 aromatic rings. The first-order chi connectivity index (χ1) is 17.4. The largest absolute Gasteiger partial charge is 0.455 e. The summed E-state index contributed by atoms with van der Waals surface area (Å²) in [4.78, 5) is 40.4. The number of nitrogens with two attached hydrogens (primary N) is 1. The minimum atomic E-state index is -0.369. The van der Waals surface area contributed by atoms with E-state index in [1.165, 1.54) is 0 Å². The lowest BCUT2D eigenvalue weighted by Crippen LogP contribution is -2.38. The molecule has 5 rings (SSSR count). The first kappa shape index (κ1) is 23.4. The van der Waals surface area contributed by atoms with Gasteiger partial charge in [0.1, 0.15) is 5.76 Å². The van der Waals surface area contributed by atoms with Gasteiger partial charge in [0.05, 0.1) is 22.3 Å². The van der Waals surface area contributed by atoms with E-state index in [9.17, 15) is 14.4 Å². The summed E-state index contributed by atoms with van der Waals surface area (Å²) < 4.78 is 6.22. The summed E-state index contributed by atoms with van der Waals surface area (Å²) in [5.41, 5.74) is 8.64. The van der Waals surface area contributed by atoms with E-state index < -0.39 is 0 Å². The van der Waals surface area contributed by atoms with Gasteiger partial charge >= 0.3 is 0 Å². The normalized spacial score (nSPS) is 14.1. The summed E-state index contributed by atoms with van der Waals surface area (Å²) in [5, 5.41) is 3.37. The number of fused-ring (bicyclic) bond motifs is 1. The molecule has 182 valence electrons. The monoisotopic (exact) mass is 481 g/mol. The van der Waals surface area contributed by atoms with Gasteiger partial charge in [0.25, 0.3) is 5.91 Å². The average Bonchev–Trinajstić information content (AvgIpc) is 2.91. The maximum atomic E-state index is 13.5. The van der Waals surface area contributed by atoms with Crippen molar-refractivity contribution in [1.29, 1.82) is 0 Å². The van der Waals surface area contributed by atoms with E-state index in [-0.39, 0.29) is 34.3 Å². The fourth-order valence-corrected chi connectivity index (χ4v) is 4.80. The van der Waals surface area contributed by atoms with Crippen LogP contribution in [0, 0.1) is 12.8 Å². The van der Waals surface area contributed by atoms with Crippen LogP contribution in [0.25, 0.3) is 22.3 Å². The second-order valence-corrected chi connectivity index (χ2v) is 9.07. The van der Waals surface area contributed by atoms with E-state index in [1.54, 1.807) is 25.1 Å². The number of amides is 2. The standard InChI is InChI=1S/C29H27N3O4/c1-18-25(33)21-10-7-11-22(27(21)36-26(18)19-8-3-2-4-9-19)29(35)31-23-12-5-6-13-24(23)32-16-14-20(15-17-32)28(30)34/h2-13,20H,14-17H2,1H3,(H2,30,34)(H,31,35). The molecule has 3 aromatic carbocycles. The van der Waals surface area contributed by atoms with Gasteiger partial charge in [-0.1, -0.05) is 48.5 Å². The first-order valence-electron chi connectivity index (χ1n) is 12.0. The van der Waals surface area contributed by atoms with Crippen molar-refractivity contribution in [2.24, 2.45) is 11.7 Å². The van der Waals surface area contributed by atoms with Crippen LogP contribution in [0.5, 0.6) is 0 Å². The fourth-order valence-electron chi connectivity index (χ4n) is 4.80. The Morgan fingerprint density at radius 1 is 0.944 bits per heavy atom. The zero-order valence-electron chi connectivity index (χ0n) is 20.0. The van der Waals surface area contributed by atoms with Gasteiger partial charge in [0.2, 0.25) is 5.91 Å². The Labute approximate surface area is 208 Å². The summed E-state index contributed by atoms with van der Waals surface area (Å²) in [6.45, 7) is 3.07. The highest BCUT2D eigenvalue weighted by Gasteiger charge is 2.25. The third-order valence-corrected chi connectivity index (χ3v) is 6.82. The number of nitrogens with zero attached hydrogens (tertiary/aromatic N) is 1. The molecule has 0 radical (unpaired) electrons. The number of hydrogen-bond donors (Lipinski definition) is 2. The third-order valence-electron chi connectivity index (χ3n) is 6.82. The van der Waals surface area contributed by atoms with Crippen LogP contribution in [-0.2, 0) is 4.79 Å². The third kappa shape index (κ3) is 4.35. The predicted molar refractivity (Wildman–Crippen MR) is 141 cm³/mol. The summed E-state index contributed by atoms with van der Waals surface area (Å²) in [7, 11) is 0. The van der Waals surface area contributed by atoms with Gasteiger partial charge in [-0.25, -0.2) is 0 Å². The first-order valence-corrected chi connectivity index (χ1v) is 12.0. The highest BCUT2D eigenvalue weighted by atomic mass is 16.3. The molecule has 1 fully saturated rings. The van der Waals surface area contributed by atoms with Crippen LogP contribution in [0.4, 0.5) is 11.4 Å². The number of carbonyl (C=O) groups is 2. The van der Waals surface area contributed by atoms with Crippen molar-refractivity contribution in [3.8, 4) is 11.3 Å². The van der Waals surface area contributed by atoms with E-state index in [0.29, 0.717) is 48.3 Å². The molecule has 7 heteroatoms. The predicted octanol–water partition coefficient (Wildman–Crippen LogP) is 4.72. The Balaban J connectivity index is 1.50. The molecule has 3 N–H and O–H groups in total. The summed E-state index contributed by atoms with van der Waals surface area (Å²) >= 11 is 0. The van der Waals surface area contributed by atoms with E-state index in [0.717, 1.165) is 11.3 Å². The van der Waals surface area contributed by atoms with Gasteiger partial charge in [-0.2, -0.15) is 0 Å². The van der Waals surface area contributed by atoms with Gasteiger partial charge in [-0.05, 0) is 44.0 Å². The molecule has 0 aliphatic carbocycles. The number of rotatable bonds is 5. The molecule has 1 aliphatic rings. The molecule has 0 spiro atoms. The number of para-hydroxylation sites is 3. The summed E-state index contributed by atoms with van der Waals surface area (Å²) in [5.74, 6) is -0.306. The van der Waals surface area contributed by atoms with E-state index in [2.05, 4.69) is 10.2 Å². The molecule has 36 heavy (non-hydrogen) atoms. The Kier molecular flexibility index (Phi) is 6.29. The number of piperidine rings is 1. The van der Waals surface area contributed by atoms with E-state index >= 15 is 0 Å². The quantitative estimate of drug-likeness (QED) is 0.429. The highest BCUT2D eigenvalue weighted by molar-refractivity contribution is 6.12. The van der Waals surface area contributed by atoms with E-state index in [4.69, 9.17) is 10.2 Å². The Morgan fingerprint density at radius 3 is 2.36 bits per heavy atom. The van der Waals surface area contributed by atoms with Gasteiger partial charge in [0.15, 0.2) is 11.0 Å². The Bertz CT molecular complexity index is 1500. The number of anilines is 2. The van der Waals surface area contributed by atoms with Gasteiger partial charge in [-0.3, -0.25) is 14.4 Å². The molecule has 2 amide bonds. The van der Waals surface area contributed by atoms with Crippen LogP contribution in [0.2, 0.25) is 0 Å². The summed E-state index contributed by atoms with van der Waals surface area (Å²) in [6.07, 6.45) is 1.35. The molecule has 1 aliphatic heterocycles. The second kappa shape index (κ2) is 9.70. The average molecular weight is 482 g/mol. The molecule has 0 atom stereocenters. The van der Waals surface area contributed by atoms with Crippen molar-refractivity contribution in [3.05, 3.63) is 94.1 Å². The molecule has 0 unspecified atom stereocenters. The number of benzene rings is 3. The zero-order chi connectivity index (χ0) is 25.2. The molecule has 2 heterocycles. The Morgan fingerprint density at radius 2 is 1.64 bits per heavy atom. The Hall–Kier alpha value is -4.39.